The molecule has 0 bridgehead atoms. The average Bonchev–Trinajstić information content (AvgIpc) is 3.30. The molecule has 3 aromatic rings. The van der Waals surface area contributed by atoms with Crippen LogP contribution in [0.1, 0.15) is 76.4 Å². The summed E-state index contributed by atoms with van der Waals surface area (Å²) in [5.74, 6) is 0.343. The van der Waals surface area contributed by atoms with Gasteiger partial charge < -0.3 is 14.5 Å². The molecule has 0 aliphatic carbocycles. The number of nitriles is 1. The van der Waals surface area contributed by atoms with Gasteiger partial charge in [-0.15, -0.1) is 0 Å². The molecule has 0 unspecified atom stereocenters. The number of nitrogens with zero attached hydrogens (tertiary/aromatic N) is 6. The highest BCUT2D eigenvalue weighted by Crippen LogP contribution is 2.41. The lowest BCUT2D eigenvalue weighted by atomic mass is 9.92. The number of piperazine rings is 1. The molecule has 8 nitrogen and oxygen atoms in total. The van der Waals surface area contributed by atoms with Crippen molar-refractivity contribution in [3.8, 4) is 6.07 Å². The van der Waals surface area contributed by atoms with Gasteiger partial charge in [-0.2, -0.15) is 5.26 Å². The molecule has 8 heteroatoms. The van der Waals surface area contributed by atoms with Gasteiger partial charge >= 0.3 is 6.09 Å². The summed E-state index contributed by atoms with van der Waals surface area (Å²) < 4.78 is 13.5. The molecular formula is C31H36N6O2. The number of ether oxygens (including phenoxy) is 1. The molecule has 2 fully saturated rings. The number of benzene rings is 1. The molecule has 2 aromatic heterocycles. The minimum Gasteiger partial charge on any atom is -0.444 e. The van der Waals surface area contributed by atoms with Crippen LogP contribution in [0.4, 0.5) is 10.5 Å². The molecule has 0 N–H and O–H groups in total. The summed E-state index contributed by atoms with van der Waals surface area (Å²) in [5.41, 5.74) is 5.25. The molecule has 1 aromatic carbocycles. The molecule has 5 heterocycles. The van der Waals surface area contributed by atoms with Crippen LogP contribution in [0, 0.1) is 11.3 Å². The molecule has 39 heavy (non-hydrogen) atoms. The van der Waals surface area contributed by atoms with Crippen LogP contribution in [-0.4, -0.2) is 63.7 Å². The normalized spacial score (nSPS) is 22.3. The first-order valence-corrected chi connectivity index (χ1v) is 13.9. The summed E-state index contributed by atoms with van der Waals surface area (Å²) in [4.78, 5) is 28.8. The van der Waals surface area contributed by atoms with Gasteiger partial charge in [0.05, 0.1) is 24.2 Å². The van der Waals surface area contributed by atoms with E-state index in [4.69, 9.17) is 11.1 Å². The number of carbonyl (C=O) groups excluding carboxylic acids is 1. The quantitative estimate of drug-likeness (QED) is 0.444. The van der Waals surface area contributed by atoms with Crippen molar-refractivity contribution in [3.63, 3.8) is 0 Å². The summed E-state index contributed by atoms with van der Waals surface area (Å²) in [6.45, 7) is 11.9. The fraction of sp³-hybridized carbons (Fsp3) is 0.484. The van der Waals surface area contributed by atoms with Gasteiger partial charge in [-0.1, -0.05) is 6.07 Å². The fourth-order valence-electron chi connectivity index (χ4n) is 6.37. The molecule has 0 radical (unpaired) electrons. The Kier molecular flexibility index (Phi) is 6.12. The largest absolute Gasteiger partial charge is 0.444 e. The molecule has 0 spiro atoms. The number of anilines is 1. The van der Waals surface area contributed by atoms with Crippen molar-refractivity contribution in [1.29, 1.82) is 5.26 Å². The number of fused-ring (bicyclic) bond motifs is 4. The highest BCUT2D eigenvalue weighted by Gasteiger charge is 2.40. The van der Waals surface area contributed by atoms with E-state index in [0.717, 1.165) is 54.9 Å². The van der Waals surface area contributed by atoms with Gasteiger partial charge in [0.2, 0.25) is 0 Å². The van der Waals surface area contributed by atoms with E-state index in [0.29, 0.717) is 36.1 Å². The summed E-state index contributed by atoms with van der Waals surface area (Å²) in [6, 6.07) is 14.7. The molecule has 2 atom stereocenters. The zero-order valence-corrected chi connectivity index (χ0v) is 23.1. The van der Waals surface area contributed by atoms with E-state index < -0.39 is 5.60 Å². The number of hydrogen-bond donors (Lipinski definition) is 0. The van der Waals surface area contributed by atoms with Crippen LogP contribution in [-0.2, 0) is 11.3 Å². The van der Waals surface area contributed by atoms with Gasteiger partial charge in [-0.3, -0.25) is 14.9 Å². The zero-order chi connectivity index (χ0) is 28.2. The average molecular weight is 526 g/mol. The molecule has 3 aliphatic heterocycles. The third kappa shape index (κ3) is 4.80. The second-order valence-electron chi connectivity index (χ2n) is 12.0. The number of amides is 1. The highest BCUT2D eigenvalue weighted by atomic mass is 16.6. The van der Waals surface area contributed by atoms with Crippen LogP contribution < -0.4 is 4.90 Å². The fourth-order valence-corrected chi connectivity index (χ4v) is 6.37. The topological polar surface area (TPSA) is 85.6 Å². The second-order valence-corrected chi connectivity index (χ2v) is 12.0. The van der Waals surface area contributed by atoms with E-state index in [-0.39, 0.29) is 18.3 Å². The molecule has 3 aliphatic rings. The third-order valence-corrected chi connectivity index (χ3v) is 8.29. The van der Waals surface area contributed by atoms with Gasteiger partial charge in [0.1, 0.15) is 11.7 Å². The van der Waals surface area contributed by atoms with Crippen LogP contribution in [0.5, 0.6) is 0 Å². The zero-order valence-electron chi connectivity index (χ0n) is 24.1. The standard InChI is InChI=1S/C31H36N6O2/c1-20-17-36(27-10-7-22(16-32)29-24(27)6-5-13-33-29)19-28-23-8-9-25(34-26(23)18-37(20)28)21-11-14-35(15-12-21)30(38)39-31(2,3)4/h5-10,13,20-21,28H,11-12,14-15,17-19H2,1-4H3/t20-,28-/m1/s1/i13D. The molecule has 6 rings (SSSR count). The van der Waals surface area contributed by atoms with Crippen molar-refractivity contribution in [2.24, 2.45) is 0 Å². The van der Waals surface area contributed by atoms with Crippen LogP contribution >= 0.6 is 0 Å². The van der Waals surface area contributed by atoms with E-state index in [1.165, 1.54) is 5.56 Å². The Morgan fingerprint density at radius 1 is 1.15 bits per heavy atom. The van der Waals surface area contributed by atoms with E-state index in [9.17, 15) is 10.1 Å². The summed E-state index contributed by atoms with van der Waals surface area (Å²) in [5, 5.41) is 10.5. The summed E-state index contributed by atoms with van der Waals surface area (Å²) >= 11 is 0. The Balaban J connectivity index is 1.20. The van der Waals surface area contributed by atoms with Crippen molar-refractivity contribution < 1.29 is 10.9 Å². The van der Waals surface area contributed by atoms with E-state index in [1.54, 1.807) is 6.07 Å². The number of pyridine rings is 2. The van der Waals surface area contributed by atoms with Gasteiger partial charge in [0.25, 0.3) is 0 Å². The summed E-state index contributed by atoms with van der Waals surface area (Å²) in [7, 11) is 0. The maximum atomic E-state index is 12.5. The first-order valence-electron chi connectivity index (χ1n) is 14.4. The Morgan fingerprint density at radius 2 is 1.95 bits per heavy atom. The minimum absolute atomic E-state index is 0.168. The van der Waals surface area contributed by atoms with Crippen molar-refractivity contribution in [3.05, 3.63) is 65.1 Å². The maximum absolute atomic E-state index is 12.5. The molecule has 1 amide bonds. The molecule has 2 saturated heterocycles. The first kappa shape index (κ1) is 24.3. The summed E-state index contributed by atoms with van der Waals surface area (Å²) in [6.07, 6.45) is 1.72. The van der Waals surface area contributed by atoms with Crippen LogP contribution in [0.3, 0.4) is 0 Å². The predicted molar refractivity (Wildman–Crippen MR) is 150 cm³/mol. The Labute approximate surface area is 231 Å². The number of hydrogen-bond acceptors (Lipinski definition) is 7. The molecule has 0 saturated carbocycles. The van der Waals surface area contributed by atoms with Crippen molar-refractivity contribution >= 4 is 22.7 Å². The molecule has 202 valence electrons. The lowest BCUT2D eigenvalue weighted by molar-refractivity contribution is 0.0204. The van der Waals surface area contributed by atoms with Crippen LogP contribution in [0.2, 0.25) is 0 Å². The van der Waals surface area contributed by atoms with Crippen LogP contribution in [0.15, 0.2) is 42.6 Å². The Bertz CT molecular complexity index is 1500. The number of rotatable bonds is 2. The lowest BCUT2D eigenvalue weighted by Crippen LogP contribution is -2.51. The molecular weight excluding hydrogens is 488 g/mol. The maximum Gasteiger partial charge on any atom is 0.410 e. The van der Waals surface area contributed by atoms with Gasteiger partial charge in [0, 0.05) is 67.6 Å². The number of likely N-dealkylation sites (tertiary alicyclic amines) is 1. The number of aromatic nitrogens is 2. The van der Waals surface area contributed by atoms with Crippen molar-refractivity contribution in [1.82, 2.24) is 19.8 Å². The predicted octanol–water partition coefficient (Wildman–Crippen LogP) is 5.38. The van der Waals surface area contributed by atoms with Gasteiger partial charge in [-0.05, 0) is 76.4 Å². The van der Waals surface area contributed by atoms with E-state index >= 15 is 0 Å². The number of carbonyl (C=O) groups is 1. The van der Waals surface area contributed by atoms with E-state index in [1.807, 2.05) is 43.9 Å². The Morgan fingerprint density at radius 3 is 2.69 bits per heavy atom. The third-order valence-electron chi connectivity index (χ3n) is 8.29. The van der Waals surface area contributed by atoms with E-state index in [2.05, 4.69) is 39.9 Å². The second kappa shape index (κ2) is 9.80. The lowest BCUT2D eigenvalue weighted by Gasteiger charge is -2.43. The first-order chi connectivity index (χ1) is 19.1. The SMILES string of the molecule is [2H]c1ccc2c(N3C[C@@H](C)N4Cc5nc(C6CCN(C(=O)OC(C)(C)C)CC6)ccc5[C@H]4C3)ccc(C#N)c2n1. The Hall–Kier alpha value is -3.70. The van der Waals surface area contributed by atoms with Crippen molar-refractivity contribution in [2.75, 3.05) is 31.1 Å². The smallest absolute Gasteiger partial charge is 0.410 e. The van der Waals surface area contributed by atoms with Gasteiger partial charge in [-0.25, -0.2) is 4.79 Å². The number of piperidine rings is 1. The highest BCUT2D eigenvalue weighted by molar-refractivity contribution is 5.95. The van der Waals surface area contributed by atoms with Crippen LogP contribution in [0.25, 0.3) is 10.9 Å². The minimum atomic E-state index is -0.482. The van der Waals surface area contributed by atoms with Gasteiger partial charge in [0.15, 0.2) is 0 Å². The monoisotopic (exact) mass is 525 g/mol. The van der Waals surface area contributed by atoms with Crippen molar-refractivity contribution in [2.45, 2.75) is 70.7 Å².